The molecule has 0 amide bonds. The number of fused-ring (bicyclic) bond motifs is 5. The summed E-state index contributed by atoms with van der Waals surface area (Å²) in [4.78, 5) is 12.6. The first-order chi connectivity index (χ1) is 13.4. The fourth-order valence-electron chi connectivity index (χ4n) is 6.21. The minimum atomic E-state index is -1.76. The van der Waals surface area contributed by atoms with Crippen molar-refractivity contribution in [1.82, 2.24) is 0 Å². The van der Waals surface area contributed by atoms with Crippen LogP contribution in [0, 0.1) is 17.3 Å². The topological polar surface area (TPSA) is 35.5 Å². The first-order valence-corrected chi connectivity index (χ1v) is 18.3. The van der Waals surface area contributed by atoms with Gasteiger partial charge in [-0.25, -0.2) is 0 Å². The molecule has 5 heteroatoms. The first kappa shape index (κ1) is 21.2. The monoisotopic (exact) mass is 430 g/mol. The zero-order chi connectivity index (χ0) is 21.2. The van der Waals surface area contributed by atoms with E-state index in [1.807, 2.05) is 0 Å². The summed E-state index contributed by atoms with van der Waals surface area (Å²) in [6.07, 6.45) is 6.32. The smallest absolute Gasteiger partial charge is 0.242 e. The predicted octanol–water partition coefficient (Wildman–Crippen LogP) is 6.54. The average Bonchev–Trinajstić information content (AvgIpc) is 2.89. The van der Waals surface area contributed by atoms with Crippen molar-refractivity contribution in [2.75, 3.05) is 0 Å². The second kappa shape index (κ2) is 6.98. The maximum atomic E-state index is 12.6. The van der Waals surface area contributed by atoms with E-state index in [2.05, 4.69) is 58.3 Å². The predicted molar refractivity (Wildman–Crippen MR) is 124 cm³/mol. The third-order valence-corrected chi connectivity index (χ3v) is 9.01. The molecule has 3 nitrogen and oxygen atoms in total. The molecule has 3 aliphatic rings. The fraction of sp³-hybridized carbons (Fsp3) is 0.708. The van der Waals surface area contributed by atoms with Gasteiger partial charge in [0.05, 0.1) is 0 Å². The highest BCUT2D eigenvalue weighted by atomic mass is 28.4. The molecule has 0 radical (unpaired) electrons. The number of hydrogen-bond acceptors (Lipinski definition) is 3. The molecule has 0 aliphatic heterocycles. The molecule has 0 spiro atoms. The van der Waals surface area contributed by atoms with Crippen LogP contribution >= 0.6 is 0 Å². The van der Waals surface area contributed by atoms with Gasteiger partial charge in [0.2, 0.25) is 16.6 Å². The van der Waals surface area contributed by atoms with E-state index < -0.39 is 16.6 Å². The van der Waals surface area contributed by atoms with E-state index in [1.54, 1.807) is 0 Å². The van der Waals surface area contributed by atoms with E-state index in [-0.39, 0.29) is 5.41 Å². The number of hydrogen-bond donors (Lipinski definition) is 0. The largest absolute Gasteiger partial charge is 0.542 e. The van der Waals surface area contributed by atoms with Crippen LogP contribution in [0.5, 0.6) is 11.5 Å². The molecule has 4 atom stereocenters. The molecule has 4 rings (SSSR count). The highest BCUT2D eigenvalue weighted by molar-refractivity contribution is 6.71. The molecule has 0 aromatic heterocycles. The van der Waals surface area contributed by atoms with Crippen LogP contribution in [0.1, 0.15) is 56.1 Å². The Labute approximate surface area is 178 Å². The van der Waals surface area contributed by atoms with Gasteiger partial charge in [-0.05, 0) is 101 Å². The average molecular weight is 431 g/mol. The van der Waals surface area contributed by atoms with Gasteiger partial charge in [-0.15, -0.1) is 0 Å². The lowest BCUT2D eigenvalue weighted by Crippen LogP contribution is -2.42. The maximum Gasteiger partial charge on any atom is 0.242 e. The molecule has 0 heterocycles. The number of rotatable bonds is 4. The van der Waals surface area contributed by atoms with Gasteiger partial charge in [0, 0.05) is 17.4 Å². The molecule has 0 N–H and O–H groups in total. The van der Waals surface area contributed by atoms with Crippen LogP contribution in [0.25, 0.3) is 0 Å². The molecule has 3 aliphatic carbocycles. The van der Waals surface area contributed by atoms with Gasteiger partial charge in [-0.3, -0.25) is 4.79 Å². The van der Waals surface area contributed by atoms with Crippen LogP contribution in [-0.4, -0.2) is 22.4 Å². The lowest BCUT2D eigenvalue weighted by atomic mass is 9.55. The molecule has 0 saturated heterocycles. The minimum absolute atomic E-state index is 0.0583. The zero-order valence-corrected chi connectivity index (χ0v) is 21.4. The van der Waals surface area contributed by atoms with Gasteiger partial charge in [0.15, 0.2) is 0 Å². The Bertz CT molecular complexity index is 821. The number of carbonyl (C=O) groups is 1. The zero-order valence-electron chi connectivity index (χ0n) is 19.4. The van der Waals surface area contributed by atoms with Crippen molar-refractivity contribution in [3.8, 4) is 11.5 Å². The van der Waals surface area contributed by atoms with Crippen LogP contribution in [0.2, 0.25) is 39.3 Å². The van der Waals surface area contributed by atoms with Crippen LogP contribution in [0.4, 0.5) is 0 Å². The summed E-state index contributed by atoms with van der Waals surface area (Å²) in [7, 11) is -3.48. The quantitative estimate of drug-likeness (QED) is 0.509. The lowest BCUT2D eigenvalue weighted by Gasteiger charge is -2.48. The first-order valence-electron chi connectivity index (χ1n) is 11.5. The van der Waals surface area contributed by atoms with Crippen LogP contribution < -0.4 is 8.85 Å². The Morgan fingerprint density at radius 3 is 2.28 bits per heavy atom. The second-order valence-electron chi connectivity index (χ2n) is 11.7. The molecule has 1 aromatic rings. The Kier molecular flexibility index (Phi) is 5.09. The van der Waals surface area contributed by atoms with E-state index in [9.17, 15) is 4.79 Å². The van der Waals surface area contributed by atoms with Gasteiger partial charge in [-0.2, -0.15) is 0 Å². The highest BCUT2D eigenvalue weighted by Crippen LogP contribution is 2.60. The second-order valence-corrected chi connectivity index (χ2v) is 20.6. The summed E-state index contributed by atoms with van der Waals surface area (Å²) in [6.45, 7) is 15.7. The number of Topliss-reactive ketones (excluding diaryl/α,β-unsaturated/α-hetero) is 1. The third kappa shape index (κ3) is 3.85. The fourth-order valence-corrected chi connectivity index (χ4v) is 7.87. The Morgan fingerprint density at radius 2 is 1.62 bits per heavy atom. The summed E-state index contributed by atoms with van der Waals surface area (Å²) in [5.74, 6) is 4.32. The maximum absolute atomic E-state index is 12.6. The highest BCUT2D eigenvalue weighted by Gasteiger charge is 2.54. The van der Waals surface area contributed by atoms with Crippen molar-refractivity contribution < 1.29 is 13.6 Å². The standard InChI is InChI=1S/C24H38O3Si2/c1-24-15-14-17-16-10-12-21(26-28(2,3)4)23(27-29(5,6)7)19(16)9-8-18(17)20(24)11-13-22(24)25/h10,12,17-18,20H,8-9,11,13-15H2,1-7H3. The molecule has 4 unspecified atom stereocenters. The third-order valence-electron chi connectivity index (χ3n) is 7.36. The van der Waals surface area contributed by atoms with E-state index in [4.69, 9.17) is 8.85 Å². The van der Waals surface area contributed by atoms with Crippen LogP contribution in [0.3, 0.4) is 0 Å². The van der Waals surface area contributed by atoms with Gasteiger partial charge in [0.1, 0.15) is 17.3 Å². The van der Waals surface area contributed by atoms with Gasteiger partial charge in [0.25, 0.3) is 0 Å². The summed E-state index contributed by atoms with van der Waals surface area (Å²) in [5, 5.41) is 0. The molecule has 1 aromatic carbocycles. The van der Waals surface area contributed by atoms with Crippen molar-refractivity contribution in [2.45, 2.75) is 90.6 Å². The van der Waals surface area contributed by atoms with Crippen molar-refractivity contribution >= 4 is 22.4 Å². The normalized spacial score (nSPS) is 31.7. The minimum Gasteiger partial charge on any atom is -0.542 e. The molecule has 160 valence electrons. The Balaban J connectivity index is 1.74. The van der Waals surface area contributed by atoms with Crippen molar-refractivity contribution in [1.29, 1.82) is 0 Å². The van der Waals surface area contributed by atoms with Gasteiger partial charge in [-0.1, -0.05) is 13.0 Å². The summed E-state index contributed by atoms with van der Waals surface area (Å²) in [6, 6.07) is 4.51. The number of carbonyl (C=O) groups excluding carboxylic acids is 1. The van der Waals surface area contributed by atoms with Gasteiger partial charge >= 0.3 is 0 Å². The summed E-state index contributed by atoms with van der Waals surface area (Å²) >= 11 is 0. The lowest BCUT2D eigenvalue weighted by molar-refractivity contribution is -0.129. The van der Waals surface area contributed by atoms with E-state index in [1.165, 1.54) is 17.5 Å². The number of benzene rings is 1. The van der Waals surface area contributed by atoms with E-state index in [0.29, 0.717) is 23.5 Å². The van der Waals surface area contributed by atoms with Crippen LogP contribution in [-0.2, 0) is 11.2 Å². The molecular weight excluding hydrogens is 392 g/mol. The van der Waals surface area contributed by atoms with Crippen molar-refractivity contribution in [3.05, 3.63) is 23.3 Å². The van der Waals surface area contributed by atoms with Crippen LogP contribution in [0.15, 0.2) is 12.1 Å². The Hall–Kier alpha value is -1.08. The van der Waals surface area contributed by atoms with E-state index >= 15 is 0 Å². The molecular formula is C24H38O3Si2. The SMILES string of the molecule is CC12CCC3c4ccc(O[Si](C)(C)C)c(O[Si](C)(C)C)c4CCC3C1CCC2=O. The molecule has 29 heavy (non-hydrogen) atoms. The molecule has 0 bridgehead atoms. The van der Waals surface area contributed by atoms with E-state index in [0.717, 1.165) is 43.6 Å². The summed E-state index contributed by atoms with van der Waals surface area (Å²) in [5.41, 5.74) is 2.83. The number of ketones is 1. The summed E-state index contributed by atoms with van der Waals surface area (Å²) < 4.78 is 13.1. The van der Waals surface area contributed by atoms with Crippen molar-refractivity contribution in [2.24, 2.45) is 17.3 Å². The van der Waals surface area contributed by atoms with Crippen molar-refractivity contribution in [3.63, 3.8) is 0 Å². The molecule has 2 saturated carbocycles. The van der Waals surface area contributed by atoms with Gasteiger partial charge < -0.3 is 8.85 Å². The molecule has 2 fully saturated rings. The Morgan fingerprint density at radius 1 is 0.931 bits per heavy atom.